The van der Waals surface area contributed by atoms with Crippen LogP contribution in [0.2, 0.25) is 0 Å². The number of hydrogen-bond acceptors (Lipinski definition) is 3. The molecule has 0 aromatic heterocycles. The molecule has 3 N–H and O–H groups in total. The van der Waals surface area contributed by atoms with Gasteiger partial charge in [0, 0.05) is 32.0 Å². The van der Waals surface area contributed by atoms with E-state index in [0.29, 0.717) is 19.5 Å². The summed E-state index contributed by atoms with van der Waals surface area (Å²) < 4.78 is 0. The van der Waals surface area contributed by atoms with Gasteiger partial charge in [0.05, 0.1) is 6.10 Å². The molecule has 0 aromatic rings. The van der Waals surface area contributed by atoms with Crippen LogP contribution in [0.1, 0.15) is 26.2 Å². The van der Waals surface area contributed by atoms with Crippen LogP contribution in [0.3, 0.4) is 0 Å². The first kappa shape index (κ1) is 11.5. The van der Waals surface area contributed by atoms with Crippen molar-refractivity contribution < 1.29 is 9.90 Å². The van der Waals surface area contributed by atoms with Gasteiger partial charge in [-0.1, -0.05) is 0 Å². The van der Waals surface area contributed by atoms with E-state index in [9.17, 15) is 9.90 Å². The first-order chi connectivity index (χ1) is 6.65. The van der Waals surface area contributed by atoms with E-state index in [2.05, 4.69) is 0 Å². The van der Waals surface area contributed by atoms with Crippen molar-refractivity contribution in [3.63, 3.8) is 0 Å². The molecule has 14 heavy (non-hydrogen) atoms. The molecule has 1 aliphatic heterocycles. The quantitative estimate of drug-likeness (QED) is 0.671. The maximum absolute atomic E-state index is 11.5. The highest BCUT2D eigenvalue weighted by Gasteiger charge is 2.25. The summed E-state index contributed by atoms with van der Waals surface area (Å²) >= 11 is 0. The van der Waals surface area contributed by atoms with E-state index in [1.165, 1.54) is 0 Å². The lowest BCUT2D eigenvalue weighted by molar-refractivity contribution is -0.133. The summed E-state index contributed by atoms with van der Waals surface area (Å²) in [6.45, 7) is 3.72. The molecule has 1 heterocycles. The van der Waals surface area contributed by atoms with Gasteiger partial charge in [-0.05, 0) is 19.8 Å². The van der Waals surface area contributed by atoms with Gasteiger partial charge >= 0.3 is 0 Å². The number of likely N-dealkylation sites (tertiary alicyclic amines) is 1. The van der Waals surface area contributed by atoms with Crippen molar-refractivity contribution in [2.75, 3.05) is 19.6 Å². The Morgan fingerprint density at radius 2 is 2.43 bits per heavy atom. The summed E-state index contributed by atoms with van der Waals surface area (Å²) in [6.07, 6.45) is 2.12. The van der Waals surface area contributed by atoms with Gasteiger partial charge in [-0.2, -0.15) is 0 Å². The Labute approximate surface area is 85.1 Å². The minimum absolute atomic E-state index is 0.123. The van der Waals surface area contributed by atoms with Gasteiger partial charge in [-0.15, -0.1) is 0 Å². The minimum atomic E-state index is -0.316. The molecule has 1 aliphatic rings. The van der Waals surface area contributed by atoms with Crippen molar-refractivity contribution in [1.82, 2.24) is 4.90 Å². The Hall–Kier alpha value is -0.610. The molecule has 1 amide bonds. The third kappa shape index (κ3) is 2.96. The first-order valence-electron chi connectivity index (χ1n) is 5.31. The van der Waals surface area contributed by atoms with Crippen LogP contribution in [0.4, 0.5) is 0 Å². The van der Waals surface area contributed by atoms with Crippen molar-refractivity contribution in [3.8, 4) is 0 Å². The molecule has 0 radical (unpaired) electrons. The first-order valence-corrected chi connectivity index (χ1v) is 5.31. The average Bonchev–Trinajstić information content (AvgIpc) is 2.18. The van der Waals surface area contributed by atoms with Crippen molar-refractivity contribution in [2.45, 2.75) is 32.3 Å². The average molecular weight is 200 g/mol. The predicted molar refractivity (Wildman–Crippen MR) is 54.7 cm³/mol. The molecule has 4 heteroatoms. The van der Waals surface area contributed by atoms with Crippen LogP contribution >= 0.6 is 0 Å². The molecule has 1 rings (SSSR count). The third-order valence-electron chi connectivity index (χ3n) is 2.85. The number of aliphatic hydroxyl groups is 1. The molecule has 0 unspecified atom stereocenters. The maximum atomic E-state index is 11.5. The van der Waals surface area contributed by atoms with Crippen molar-refractivity contribution in [3.05, 3.63) is 0 Å². The topological polar surface area (TPSA) is 66.6 Å². The van der Waals surface area contributed by atoms with E-state index in [-0.39, 0.29) is 17.9 Å². The van der Waals surface area contributed by atoms with E-state index in [1.54, 1.807) is 6.92 Å². The summed E-state index contributed by atoms with van der Waals surface area (Å²) in [6, 6.07) is 0. The largest absolute Gasteiger partial charge is 0.393 e. The van der Waals surface area contributed by atoms with Crippen molar-refractivity contribution >= 4 is 5.91 Å². The molecule has 0 aromatic carbocycles. The summed E-state index contributed by atoms with van der Waals surface area (Å²) in [4.78, 5) is 13.4. The second kappa shape index (κ2) is 5.32. The van der Waals surface area contributed by atoms with Gasteiger partial charge in [0.15, 0.2) is 0 Å². The number of carbonyl (C=O) groups excluding carboxylic acids is 1. The Morgan fingerprint density at radius 3 is 3.00 bits per heavy atom. The van der Waals surface area contributed by atoms with Crippen LogP contribution in [0.25, 0.3) is 0 Å². The number of aliphatic hydroxyl groups excluding tert-OH is 1. The third-order valence-corrected chi connectivity index (χ3v) is 2.85. The van der Waals surface area contributed by atoms with E-state index in [4.69, 9.17) is 5.73 Å². The number of hydrogen-bond donors (Lipinski definition) is 2. The van der Waals surface area contributed by atoms with Crippen LogP contribution in [-0.2, 0) is 4.79 Å². The molecule has 82 valence electrons. The number of rotatable bonds is 3. The molecule has 2 atom stereocenters. The molecule has 0 bridgehead atoms. The fraction of sp³-hybridized carbons (Fsp3) is 0.900. The molecule has 4 nitrogen and oxygen atoms in total. The lowest BCUT2D eigenvalue weighted by Gasteiger charge is -2.34. The smallest absolute Gasteiger partial charge is 0.223 e. The molecular formula is C10H20N2O2. The highest BCUT2D eigenvalue weighted by atomic mass is 16.3. The number of nitrogens with two attached hydrogens (primary N) is 1. The monoisotopic (exact) mass is 200 g/mol. The summed E-state index contributed by atoms with van der Waals surface area (Å²) in [7, 11) is 0. The molecule has 0 aliphatic carbocycles. The second-order valence-electron chi connectivity index (χ2n) is 4.02. The SMILES string of the molecule is C[C@H](O)[C@H]1CCCN(C(=O)CCN)C1. The van der Waals surface area contributed by atoms with Gasteiger partial charge in [0.25, 0.3) is 0 Å². The fourth-order valence-electron chi connectivity index (χ4n) is 1.91. The van der Waals surface area contributed by atoms with E-state index in [1.807, 2.05) is 4.90 Å². The van der Waals surface area contributed by atoms with Crippen LogP contribution in [0.5, 0.6) is 0 Å². The molecular weight excluding hydrogens is 180 g/mol. The van der Waals surface area contributed by atoms with Crippen LogP contribution in [0.15, 0.2) is 0 Å². The zero-order chi connectivity index (χ0) is 10.6. The highest BCUT2D eigenvalue weighted by molar-refractivity contribution is 5.76. The maximum Gasteiger partial charge on any atom is 0.223 e. The fourth-order valence-corrected chi connectivity index (χ4v) is 1.91. The predicted octanol–water partition coefficient (Wildman–Crippen LogP) is -0.0454. The molecule has 1 fully saturated rings. The number of nitrogens with zero attached hydrogens (tertiary/aromatic N) is 1. The Kier molecular flexibility index (Phi) is 4.35. The standard InChI is InChI=1S/C10H20N2O2/c1-8(13)9-3-2-6-12(7-9)10(14)4-5-11/h8-9,13H,2-7,11H2,1H3/t8-,9-/m0/s1. The van der Waals surface area contributed by atoms with Gasteiger partial charge in [0.1, 0.15) is 0 Å². The lowest BCUT2D eigenvalue weighted by atomic mass is 9.93. The summed E-state index contributed by atoms with van der Waals surface area (Å²) in [5.41, 5.74) is 5.33. The Balaban J connectivity index is 2.43. The van der Waals surface area contributed by atoms with Crippen molar-refractivity contribution in [2.24, 2.45) is 11.7 Å². The van der Waals surface area contributed by atoms with Gasteiger partial charge in [0.2, 0.25) is 5.91 Å². The highest BCUT2D eigenvalue weighted by Crippen LogP contribution is 2.19. The van der Waals surface area contributed by atoms with Crippen LogP contribution in [-0.4, -0.2) is 41.7 Å². The molecule has 1 saturated heterocycles. The zero-order valence-corrected chi connectivity index (χ0v) is 8.78. The van der Waals surface area contributed by atoms with Gasteiger partial charge < -0.3 is 15.7 Å². The lowest BCUT2D eigenvalue weighted by Crippen LogP contribution is -2.43. The Morgan fingerprint density at radius 1 is 1.71 bits per heavy atom. The summed E-state index contributed by atoms with van der Waals surface area (Å²) in [5.74, 6) is 0.364. The second-order valence-corrected chi connectivity index (χ2v) is 4.02. The number of amides is 1. The number of piperidine rings is 1. The Bertz CT molecular complexity index is 195. The molecule has 0 spiro atoms. The number of carbonyl (C=O) groups is 1. The van der Waals surface area contributed by atoms with Crippen molar-refractivity contribution in [1.29, 1.82) is 0 Å². The normalized spacial score (nSPS) is 24.8. The van der Waals surface area contributed by atoms with E-state index < -0.39 is 0 Å². The van der Waals surface area contributed by atoms with Gasteiger partial charge in [-0.3, -0.25) is 4.79 Å². The van der Waals surface area contributed by atoms with E-state index >= 15 is 0 Å². The summed E-state index contributed by atoms with van der Waals surface area (Å²) in [5, 5.41) is 9.44. The van der Waals surface area contributed by atoms with E-state index in [0.717, 1.165) is 19.4 Å². The van der Waals surface area contributed by atoms with Crippen LogP contribution < -0.4 is 5.73 Å². The zero-order valence-electron chi connectivity index (χ0n) is 8.78. The van der Waals surface area contributed by atoms with Gasteiger partial charge in [-0.25, -0.2) is 0 Å². The van der Waals surface area contributed by atoms with Crippen LogP contribution in [0, 0.1) is 5.92 Å². The molecule has 0 saturated carbocycles. The minimum Gasteiger partial charge on any atom is -0.393 e.